The Hall–Kier alpha value is -1.82. The van der Waals surface area contributed by atoms with Gasteiger partial charge in [-0.1, -0.05) is 23.2 Å². The van der Waals surface area contributed by atoms with E-state index in [1.165, 1.54) is 42.6 Å². The lowest BCUT2D eigenvalue weighted by Crippen LogP contribution is -2.27. The molecule has 2 aromatic carbocycles. The second-order valence-corrected chi connectivity index (χ2v) is 11.7. The maximum Gasteiger partial charge on any atom is 0.261 e. The minimum atomic E-state index is -3.99. The molecule has 8 nitrogen and oxygen atoms in total. The first kappa shape index (κ1) is 23.3. The van der Waals surface area contributed by atoms with E-state index in [0.29, 0.717) is 33.5 Å². The zero-order valence-electron chi connectivity index (χ0n) is 16.8. The zero-order valence-corrected chi connectivity index (χ0v) is 19.9. The van der Waals surface area contributed by atoms with E-state index in [9.17, 15) is 16.8 Å². The van der Waals surface area contributed by atoms with Crippen LogP contribution < -0.4 is 9.44 Å². The first-order chi connectivity index (χ1) is 15.2. The molecule has 0 bridgehead atoms. The number of hydrogen-bond donors (Lipinski definition) is 3. The summed E-state index contributed by atoms with van der Waals surface area (Å²) in [6.07, 6.45) is 3.84. The molecule has 1 fully saturated rings. The summed E-state index contributed by atoms with van der Waals surface area (Å²) in [6.45, 7) is 1.07. The van der Waals surface area contributed by atoms with Crippen molar-refractivity contribution in [3.05, 3.63) is 52.6 Å². The molecule has 0 atom stereocenters. The standard InChI is InChI=1S/C20H21Cl2N3O5S2/c21-16-7-8-18(20-19(16)17(22)11-23-20)25-32(28,29)15-5-3-14(4-6-15)31(26,27)24-9-10-30-12-13-1-2-13/h3-8,11,13,23-25H,1-2,9-10,12H2. The van der Waals surface area contributed by atoms with E-state index < -0.39 is 20.0 Å². The Morgan fingerprint density at radius 3 is 2.25 bits per heavy atom. The highest BCUT2D eigenvalue weighted by molar-refractivity contribution is 7.92. The maximum absolute atomic E-state index is 12.8. The number of rotatable bonds is 10. The highest BCUT2D eigenvalue weighted by Crippen LogP contribution is 2.35. The monoisotopic (exact) mass is 517 g/mol. The summed E-state index contributed by atoms with van der Waals surface area (Å²) in [5.41, 5.74) is 0.708. The number of H-pyrrole nitrogens is 1. The minimum Gasteiger partial charge on any atom is -0.380 e. The van der Waals surface area contributed by atoms with Crippen molar-refractivity contribution in [2.75, 3.05) is 24.5 Å². The van der Waals surface area contributed by atoms with Gasteiger partial charge in [-0.25, -0.2) is 21.6 Å². The number of ether oxygens (including phenoxy) is 1. The zero-order chi connectivity index (χ0) is 22.9. The largest absolute Gasteiger partial charge is 0.380 e. The van der Waals surface area contributed by atoms with E-state index in [-0.39, 0.29) is 28.6 Å². The van der Waals surface area contributed by atoms with Gasteiger partial charge in [0.15, 0.2) is 0 Å². The number of hydrogen-bond acceptors (Lipinski definition) is 5. The number of aromatic amines is 1. The molecule has 12 heteroatoms. The third kappa shape index (κ3) is 5.22. The first-order valence-corrected chi connectivity index (χ1v) is 13.5. The van der Waals surface area contributed by atoms with Crippen LogP contribution in [0.15, 0.2) is 52.4 Å². The predicted octanol–water partition coefficient (Wildman–Crippen LogP) is 3.98. The molecule has 1 saturated carbocycles. The lowest BCUT2D eigenvalue weighted by atomic mass is 10.2. The van der Waals surface area contributed by atoms with Crippen molar-refractivity contribution in [1.82, 2.24) is 9.71 Å². The molecular formula is C20H21Cl2N3O5S2. The third-order valence-corrected chi connectivity index (χ3v) is 8.49. The minimum absolute atomic E-state index is 0.0383. The lowest BCUT2D eigenvalue weighted by molar-refractivity contribution is 0.129. The van der Waals surface area contributed by atoms with Crippen molar-refractivity contribution in [1.29, 1.82) is 0 Å². The van der Waals surface area contributed by atoms with Crippen LogP contribution in [-0.4, -0.2) is 41.6 Å². The molecule has 0 unspecified atom stereocenters. The van der Waals surface area contributed by atoms with E-state index in [1.54, 1.807) is 0 Å². The fraction of sp³-hybridized carbons (Fsp3) is 0.300. The van der Waals surface area contributed by atoms with Crippen molar-refractivity contribution >= 4 is 59.8 Å². The summed E-state index contributed by atoms with van der Waals surface area (Å²) in [4.78, 5) is 2.77. The molecule has 32 heavy (non-hydrogen) atoms. The van der Waals surface area contributed by atoms with Crippen molar-refractivity contribution in [3.8, 4) is 0 Å². The number of benzene rings is 2. The molecule has 1 aliphatic carbocycles. The second-order valence-electron chi connectivity index (χ2n) is 7.47. The Labute approximate surface area is 196 Å². The number of anilines is 1. The molecule has 1 aliphatic rings. The summed E-state index contributed by atoms with van der Waals surface area (Å²) < 4.78 is 60.8. The van der Waals surface area contributed by atoms with Crippen molar-refractivity contribution < 1.29 is 21.6 Å². The summed E-state index contributed by atoms with van der Waals surface area (Å²) >= 11 is 12.2. The van der Waals surface area contributed by atoms with Crippen LogP contribution in [0, 0.1) is 5.92 Å². The molecule has 1 heterocycles. The van der Waals surface area contributed by atoms with E-state index in [4.69, 9.17) is 27.9 Å². The van der Waals surface area contributed by atoms with Crippen LogP contribution in [0.4, 0.5) is 5.69 Å². The Morgan fingerprint density at radius 1 is 0.938 bits per heavy atom. The molecule has 0 spiro atoms. The maximum atomic E-state index is 12.8. The number of fused-ring (bicyclic) bond motifs is 1. The Bertz CT molecular complexity index is 1340. The average molecular weight is 518 g/mol. The quantitative estimate of drug-likeness (QED) is 0.351. The van der Waals surface area contributed by atoms with Gasteiger partial charge in [-0.15, -0.1) is 0 Å². The van der Waals surface area contributed by atoms with Gasteiger partial charge in [-0.2, -0.15) is 0 Å². The van der Waals surface area contributed by atoms with Gasteiger partial charge in [0.2, 0.25) is 10.0 Å². The van der Waals surface area contributed by atoms with Crippen molar-refractivity contribution in [2.24, 2.45) is 5.92 Å². The van der Waals surface area contributed by atoms with Crippen molar-refractivity contribution in [3.63, 3.8) is 0 Å². The van der Waals surface area contributed by atoms with Gasteiger partial charge in [0.25, 0.3) is 10.0 Å². The molecule has 3 N–H and O–H groups in total. The molecule has 0 amide bonds. The number of nitrogens with one attached hydrogen (secondary N) is 3. The van der Waals surface area contributed by atoms with Gasteiger partial charge in [-0.05, 0) is 55.2 Å². The Kier molecular flexibility index (Phi) is 6.71. The van der Waals surface area contributed by atoms with E-state index in [2.05, 4.69) is 14.4 Å². The van der Waals surface area contributed by atoms with Crippen molar-refractivity contribution in [2.45, 2.75) is 22.6 Å². The Morgan fingerprint density at radius 2 is 1.59 bits per heavy atom. The summed E-state index contributed by atoms with van der Waals surface area (Å²) in [6, 6.07) is 8.00. The Balaban J connectivity index is 1.45. The second kappa shape index (κ2) is 9.20. The van der Waals surface area contributed by atoms with Crippen LogP contribution in [0.3, 0.4) is 0 Å². The van der Waals surface area contributed by atoms with Gasteiger partial charge < -0.3 is 9.72 Å². The van der Waals surface area contributed by atoms with Gasteiger partial charge in [0.1, 0.15) is 0 Å². The first-order valence-electron chi connectivity index (χ1n) is 9.83. The average Bonchev–Trinajstić information content (AvgIpc) is 3.49. The normalized spacial score (nSPS) is 14.7. The fourth-order valence-corrected chi connectivity index (χ4v) is 5.76. The third-order valence-electron chi connectivity index (χ3n) is 5.01. The summed E-state index contributed by atoms with van der Waals surface area (Å²) in [5, 5.41) is 1.25. The van der Waals surface area contributed by atoms with Crippen LogP contribution in [0.5, 0.6) is 0 Å². The SMILES string of the molecule is O=S(=O)(NCCOCC1CC1)c1ccc(S(=O)(=O)Nc2ccc(Cl)c3c(Cl)c[nH]c23)cc1. The lowest BCUT2D eigenvalue weighted by Gasteiger charge is -2.11. The van der Waals surface area contributed by atoms with Crippen LogP contribution in [0.25, 0.3) is 10.9 Å². The molecule has 3 aromatic rings. The number of sulfonamides is 2. The molecule has 172 valence electrons. The molecule has 1 aromatic heterocycles. The summed E-state index contributed by atoms with van der Waals surface area (Å²) in [7, 11) is -7.77. The molecule has 4 rings (SSSR count). The predicted molar refractivity (Wildman–Crippen MR) is 124 cm³/mol. The van der Waals surface area contributed by atoms with Crippen LogP contribution >= 0.6 is 23.2 Å². The van der Waals surface area contributed by atoms with E-state index in [0.717, 1.165) is 12.8 Å². The van der Waals surface area contributed by atoms with Crippen LogP contribution in [0.2, 0.25) is 10.0 Å². The van der Waals surface area contributed by atoms with E-state index >= 15 is 0 Å². The highest BCUT2D eigenvalue weighted by Gasteiger charge is 2.22. The van der Waals surface area contributed by atoms with E-state index in [1.807, 2.05) is 0 Å². The smallest absolute Gasteiger partial charge is 0.261 e. The van der Waals surface area contributed by atoms with Crippen LogP contribution in [0.1, 0.15) is 12.8 Å². The number of aromatic nitrogens is 1. The molecular weight excluding hydrogens is 497 g/mol. The molecule has 0 saturated heterocycles. The van der Waals surface area contributed by atoms with Crippen LogP contribution in [-0.2, 0) is 24.8 Å². The topological polar surface area (TPSA) is 117 Å². The fourth-order valence-electron chi connectivity index (χ4n) is 3.12. The van der Waals surface area contributed by atoms with Gasteiger partial charge in [-0.3, -0.25) is 4.72 Å². The highest BCUT2D eigenvalue weighted by atomic mass is 35.5. The molecule has 0 aliphatic heterocycles. The van der Waals surface area contributed by atoms with Gasteiger partial charge in [0.05, 0.1) is 37.6 Å². The summed E-state index contributed by atoms with van der Waals surface area (Å²) in [5.74, 6) is 0.604. The molecule has 0 radical (unpaired) electrons. The number of halogens is 2. The van der Waals surface area contributed by atoms with Gasteiger partial charge >= 0.3 is 0 Å². The van der Waals surface area contributed by atoms with Gasteiger partial charge in [0, 0.05) is 24.7 Å².